The number of aromatic nitrogens is 1. The van der Waals surface area contributed by atoms with Gasteiger partial charge >= 0.3 is 0 Å². The summed E-state index contributed by atoms with van der Waals surface area (Å²) in [6, 6.07) is 12.3. The van der Waals surface area contributed by atoms with E-state index in [-0.39, 0.29) is 11.9 Å². The molecule has 1 amide bonds. The summed E-state index contributed by atoms with van der Waals surface area (Å²) in [5.41, 5.74) is 1.67. The molecule has 6 nitrogen and oxygen atoms in total. The summed E-state index contributed by atoms with van der Waals surface area (Å²) in [6.45, 7) is 1.47. The van der Waals surface area contributed by atoms with Crippen LogP contribution in [0.5, 0.6) is 0 Å². The Kier molecular flexibility index (Phi) is 5.05. The lowest BCUT2D eigenvalue weighted by atomic mass is 10.0. The largest absolute Gasteiger partial charge is 0.355 e. The van der Waals surface area contributed by atoms with Crippen molar-refractivity contribution in [2.24, 2.45) is 0 Å². The fraction of sp³-hybridized carbons (Fsp3) is 0.263. The molecule has 0 spiro atoms. The van der Waals surface area contributed by atoms with E-state index in [9.17, 15) is 14.9 Å². The minimum Gasteiger partial charge on any atom is -0.355 e. The highest BCUT2D eigenvalue weighted by molar-refractivity contribution is 5.95. The van der Waals surface area contributed by atoms with Crippen molar-refractivity contribution in [3.05, 3.63) is 59.3 Å². The number of nitrogens with zero attached hydrogens (tertiary/aromatic N) is 3. The molecule has 126 valence electrons. The standard InChI is InChI=1S/C19H18N4O2/c20-12-16-2-1-9-21-18(16)23-10-7-17(8-11-23)22-19(25)15-5-3-14(13-24)4-6-15/h1-6,9,13,17H,7-8,10-11H2,(H,22,25). The Morgan fingerprint density at radius 2 is 1.96 bits per heavy atom. The van der Waals surface area contributed by atoms with Crippen molar-refractivity contribution in [1.82, 2.24) is 10.3 Å². The fourth-order valence-electron chi connectivity index (χ4n) is 2.95. The average Bonchev–Trinajstić information content (AvgIpc) is 2.68. The molecule has 1 saturated heterocycles. The predicted octanol–water partition coefficient (Wildman–Crippen LogP) is 2.16. The molecule has 2 heterocycles. The maximum atomic E-state index is 12.3. The quantitative estimate of drug-likeness (QED) is 0.866. The Hall–Kier alpha value is -3.20. The normalized spacial score (nSPS) is 14.6. The fourth-order valence-corrected chi connectivity index (χ4v) is 2.95. The summed E-state index contributed by atoms with van der Waals surface area (Å²) in [5.74, 6) is 0.575. The van der Waals surface area contributed by atoms with Gasteiger partial charge in [0, 0.05) is 36.5 Å². The number of anilines is 1. The highest BCUT2D eigenvalue weighted by atomic mass is 16.1. The third kappa shape index (κ3) is 3.83. The zero-order chi connectivity index (χ0) is 17.6. The molecule has 1 aromatic heterocycles. The van der Waals surface area contributed by atoms with Crippen molar-refractivity contribution in [1.29, 1.82) is 5.26 Å². The Balaban J connectivity index is 1.58. The molecule has 1 N–H and O–H groups in total. The first-order chi connectivity index (χ1) is 12.2. The van der Waals surface area contributed by atoms with Gasteiger partial charge in [-0.25, -0.2) is 4.98 Å². The summed E-state index contributed by atoms with van der Waals surface area (Å²) >= 11 is 0. The van der Waals surface area contributed by atoms with Gasteiger partial charge in [-0.15, -0.1) is 0 Å². The molecular formula is C19H18N4O2. The van der Waals surface area contributed by atoms with Gasteiger partial charge in [-0.05, 0) is 37.1 Å². The second-order valence-electron chi connectivity index (χ2n) is 5.96. The molecule has 0 saturated carbocycles. The number of nitriles is 1. The third-order valence-corrected chi connectivity index (χ3v) is 4.35. The van der Waals surface area contributed by atoms with Crippen molar-refractivity contribution in [3.63, 3.8) is 0 Å². The molecule has 0 bridgehead atoms. The van der Waals surface area contributed by atoms with Crippen LogP contribution < -0.4 is 10.2 Å². The predicted molar refractivity (Wildman–Crippen MR) is 93.5 cm³/mol. The first-order valence-corrected chi connectivity index (χ1v) is 8.17. The van der Waals surface area contributed by atoms with Crippen molar-refractivity contribution >= 4 is 18.0 Å². The monoisotopic (exact) mass is 334 g/mol. The van der Waals surface area contributed by atoms with Gasteiger partial charge in [0.1, 0.15) is 18.2 Å². The maximum Gasteiger partial charge on any atom is 0.251 e. The van der Waals surface area contributed by atoms with E-state index in [0.29, 0.717) is 22.5 Å². The van der Waals surface area contributed by atoms with Crippen molar-refractivity contribution in [3.8, 4) is 6.07 Å². The van der Waals surface area contributed by atoms with Crippen LogP contribution in [0.1, 0.15) is 39.1 Å². The summed E-state index contributed by atoms with van der Waals surface area (Å²) in [5, 5.41) is 12.2. The van der Waals surface area contributed by atoms with Gasteiger partial charge in [-0.2, -0.15) is 5.26 Å². The first-order valence-electron chi connectivity index (χ1n) is 8.17. The van der Waals surface area contributed by atoms with Gasteiger partial charge in [0.15, 0.2) is 0 Å². The lowest BCUT2D eigenvalue weighted by Crippen LogP contribution is -2.45. The smallest absolute Gasteiger partial charge is 0.251 e. The average molecular weight is 334 g/mol. The second kappa shape index (κ2) is 7.58. The summed E-state index contributed by atoms with van der Waals surface area (Å²) in [6.07, 6.45) is 4.02. The summed E-state index contributed by atoms with van der Waals surface area (Å²) < 4.78 is 0. The van der Waals surface area contributed by atoms with Crippen LogP contribution in [0.25, 0.3) is 0 Å². The van der Waals surface area contributed by atoms with Crippen molar-refractivity contribution < 1.29 is 9.59 Å². The molecule has 3 rings (SSSR count). The number of rotatable bonds is 4. The molecule has 25 heavy (non-hydrogen) atoms. The van der Waals surface area contributed by atoms with Crippen LogP contribution in [-0.4, -0.2) is 36.3 Å². The number of amides is 1. The van der Waals surface area contributed by atoms with Crippen molar-refractivity contribution in [2.75, 3.05) is 18.0 Å². The van der Waals surface area contributed by atoms with Crippen LogP contribution in [0.15, 0.2) is 42.6 Å². The van der Waals surface area contributed by atoms with E-state index >= 15 is 0 Å². The van der Waals surface area contributed by atoms with E-state index in [1.54, 1.807) is 42.6 Å². The molecule has 0 unspecified atom stereocenters. The van der Waals surface area contributed by atoms with Crippen LogP contribution in [0, 0.1) is 11.3 Å². The number of carbonyl (C=O) groups is 2. The van der Waals surface area contributed by atoms with Crippen molar-refractivity contribution in [2.45, 2.75) is 18.9 Å². The Bertz CT molecular complexity index is 803. The first kappa shape index (κ1) is 16.7. The number of carbonyl (C=O) groups excluding carboxylic acids is 2. The Morgan fingerprint density at radius 1 is 1.24 bits per heavy atom. The van der Waals surface area contributed by atoms with E-state index < -0.39 is 0 Å². The maximum absolute atomic E-state index is 12.3. The van der Waals surface area contributed by atoms with Crippen LogP contribution >= 0.6 is 0 Å². The molecular weight excluding hydrogens is 316 g/mol. The number of hydrogen-bond donors (Lipinski definition) is 1. The van der Waals surface area contributed by atoms with Crippen LogP contribution in [-0.2, 0) is 0 Å². The Labute approximate surface area is 146 Å². The molecule has 1 aliphatic heterocycles. The number of piperidine rings is 1. The number of hydrogen-bond acceptors (Lipinski definition) is 5. The van der Waals surface area contributed by atoms with E-state index in [1.807, 2.05) is 0 Å². The lowest BCUT2D eigenvalue weighted by Gasteiger charge is -2.33. The minimum atomic E-state index is -0.133. The van der Waals surface area contributed by atoms with Gasteiger partial charge in [-0.3, -0.25) is 9.59 Å². The van der Waals surface area contributed by atoms with Gasteiger partial charge in [0.2, 0.25) is 0 Å². The zero-order valence-electron chi connectivity index (χ0n) is 13.7. The minimum absolute atomic E-state index is 0.0868. The van der Waals surface area contributed by atoms with Gasteiger partial charge in [0.05, 0.1) is 5.56 Å². The van der Waals surface area contributed by atoms with Gasteiger partial charge < -0.3 is 10.2 Å². The highest BCUT2D eigenvalue weighted by Crippen LogP contribution is 2.21. The molecule has 0 radical (unpaired) electrons. The van der Waals surface area contributed by atoms with E-state index in [1.165, 1.54) is 0 Å². The summed E-state index contributed by atoms with van der Waals surface area (Å²) in [4.78, 5) is 29.4. The third-order valence-electron chi connectivity index (χ3n) is 4.35. The Morgan fingerprint density at radius 3 is 2.60 bits per heavy atom. The zero-order valence-corrected chi connectivity index (χ0v) is 13.7. The molecule has 1 aliphatic rings. The van der Waals surface area contributed by atoms with Crippen LogP contribution in [0.3, 0.4) is 0 Å². The number of pyridine rings is 1. The highest BCUT2D eigenvalue weighted by Gasteiger charge is 2.23. The number of benzene rings is 1. The number of aldehydes is 1. The van der Waals surface area contributed by atoms with E-state index in [0.717, 1.165) is 32.2 Å². The second-order valence-corrected chi connectivity index (χ2v) is 5.96. The van der Waals surface area contributed by atoms with Gasteiger partial charge in [0.25, 0.3) is 5.91 Å². The molecule has 2 aromatic rings. The van der Waals surface area contributed by atoms with E-state index in [4.69, 9.17) is 0 Å². The number of nitrogens with one attached hydrogen (secondary N) is 1. The van der Waals surface area contributed by atoms with Crippen LogP contribution in [0.4, 0.5) is 5.82 Å². The molecule has 0 atom stereocenters. The lowest BCUT2D eigenvalue weighted by molar-refractivity contribution is 0.0930. The molecule has 1 aromatic carbocycles. The molecule has 6 heteroatoms. The van der Waals surface area contributed by atoms with E-state index in [2.05, 4.69) is 21.3 Å². The summed E-state index contributed by atoms with van der Waals surface area (Å²) in [7, 11) is 0. The SMILES string of the molecule is N#Cc1cccnc1N1CCC(NC(=O)c2ccc(C=O)cc2)CC1. The molecule has 0 aliphatic carbocycles. The topological polar surface area (TPSA) is 86.1 Å². The van der Waals surface area contributed by atoms with Crippen LogP contribution in [0.2, 0.25) is 0 Å². The molecule has 1 fully saturated rings. The van der Waals surface area contributed by atoms with Gasteiger partial charge in [-0.1, -0.05) is 12.1 Å².